The zero-order valence-electron chi connectivity index (χ0n) is 11.0. The molecule has 0 saturated carbocycles. The van der Waals surface area contributed by atoms with Crippen molar-refractivity contribution in [2.24, 2.45) is 5.92 Å². The van der Waals surface area contributed by atoms with Gasteiger partial charge >= 0.3 is 5.97 Å². The Labute approximate surface area is 114 Å². The molecule has 7 heteroatoms. The third kappa shape index (κ3) is 2.58. The van der Waals surface area contributed by atoms with Crippen molar-refractivity contribution in [1.29, 1.82) is 5.26 Å². The van der Waals surface area contributed by atoms with E-state index in [-0.39, 0.29) is 18.0 Å². The molecule has 0 unspecified atom stereocenters. The van der Waals surface area contributed by atoms with Crippen LogP contribution in [0.1, 0.15) is 42.0 Å². The van der Waals surface area contributed by atoms with Gasteiger partial charge in [0.2, 0.25) is 4.96 Å². The molecule has 6 nitrogen and oxygen atoms in total. The smallest absolute Gasteiger partial charge is 0.360 e. The van der Waals surface area contributed by atoms with E-state index in [9.17, 15) is 4.79 Å². The van der Waals surface area contributed by atoms with Crippen molar-refractivity contribution in [3.05, 3.63) is 16.4 Å². The topological polar surface area (TPSA) is 80.3 Å². The van der Waals surface area contributed by atoms with Gasteiger partial charge in [0, 0.05) is 6.42 Å². The van der Waals surface area contributed by atoms with Crippen LogP contribution in [0.4, 0.5) is 0 Å². The molecule has 0 radical (unpaired) electrons. The summed E-state index contributed by atoms with van der Waals surface area (Å²) in [4.78, 5) is 16.4. The molecule has 0 saturated heterocycles. The van der Waals surface area contributed by atoms with Crippen molar-refractivity contribution in [3.8, 4) is 6.07 Å². The predicted octanol–water partition coefficient (Wildman–Crippen LogP) is 2.04. The number of nitrogens with zero attached hydrogens (tertiary/aromatic N) is 4. The van der Waals surface area contributed by atoms with E-state index in [0.717, 1.165) is 11.4 Å². The van der Waals surface area contributed by atoms with E-state index in [2.05, 4.69) is 23.9 Å². The monoisotopic (exact) mass is 278 g/mol. The summed E-state index contributed by atoms with van der Waals surface area (Å²) >= 11 is 1.39. The minimum absolute atomic E-state index is 0.0409. The summed E-state index contributed by atoms with van der Waals surface area (Å²) in [6.07, 6.45) is 0.827. The quantitative estimate of drug-likeness (QED) is 0.799. The molecule has 0 aliphatic heterocycles. The Bertz CT molecular complexity index is 651. The van der Waals surface area contributed by atoms with Crippen LogP contribution in [0.3, 0.4) is 0 Å². The first-order valence-electron chi connectivity index (χ1n) is 6.02. The van der Waals surface area contributed by atoms with Crippen molar-refractivity contribution in [1.82, 2.24) is 14.6 Å². The maximum atomic E-state index is 11.7. The molecule has 0 fully saturated rings. The van der Waals surface area contributed by atoms with Crippen molar-refractivity contribution < 1.29 is 9.53 Å². The first-order valence-corrected chi connectivity index (χ1v) is 6.84. The Morgan fingerprint density at radius 3 is 2.89 bits per heavy atom. The maximum Gasteiger partial charge on any atom is 0.360 e. The number of imidazole rings is 1. The Hall–Kier alpha value is -1.94. The van der Waals surface area contributed by atoms with Gasteiger partial charge in [-0.2, -0.15) is 14.9 Å². The number of ether oxygens (including phenoxy) is 1. The van der Waals surface area contributed by atoms with Gasteiger partial charge in [0.25, 0.3) is 0 Å². The zero-order valence-corrected chi connectivity index (χ0v) is 11.8. The third-order valence-electron chi connectivity index (χ3n) is 2.40. The molecular weight excluding hydrogens is 264 g/mol. The van der Waals surface area contributed by atoms with E-state index in [4.69, 9.17) is 10.00 Å². The molecule has 0 aromatic carbocycles. The SMILES string of the molecule is CCOC(=O)c1nc2sc(CC(C)C)nn2c1C#N. The summed E-state index contributed by atoms with van der Waals surface area (Å²) in [5, 5.41) is 14.4. The molecule has 2 heterocycles. The predicted molar refractivity (Wildman–Crippen MR) is 70.1 cm³/mol. The second-order valence-electron chi connectivity index (χ2n) is 4.43. The number of carbonyl (C=O) groups is 1. The van der Waals surface area contributed by atoms with Gasteiger partial charge in [-0.05, 0) is 12.8 Å². The van der Waals surface area contributed by atoms with Crippen molar-refractivity contribution >= 4 is 22.3 Å². The number of fused-ring (bicyclic) bond motifs is 1. The van der Waals surface area contributed by atoms with Crippen molar-refractivity contribution in [3.63, 3.8) is 0 Å². The molecule has 0 aliphatic carbocycles. The lowest BCUT2D eigenvalue weighted by Gasteiger charge is -1.99. The van der Waals surface area contributed by atoms with Crippen LogP contribution in [0.2, 0.25) is 0 Å². The largest absolute Gasteiger partial charge is 0.461 e. The van der Waals surface area contributed by atoms with Crippen LogP contribution in [0.15, 0.2) is 0 Å². The number of aromatic nitrogens is 3. The van der Waals surface area contributed by atoms with Crippen LogP contribution >= 0.6 is 11.3 Å². The Kier molecular flexibility index (Phi) is 3.81. The standard InChI is InChI=1S/C12H14N4O2S/c1-4-18-11(17)10-8(6-13)16-12(14-10)19-9(15-16)5-7(2)3/h7H,4-5H2,1-3H3. The van der Waals surface area contributed by atoms with Gasteiger partial charge in [-0.25, -0.2) is 9.78 Å². The van der Waals surface area contributed by atoms with Gasteiger partial charge in [-0.15, -0.1) is 0 Å². The minimum atomic E-state index is -0.581. The Morgan fingerprint density at radius 1 is 1.58 bits per heavy atom. The number of hydrogen-bond acceptors (Lipinski definition) is 6. The van der Waals surface area contributed by atoms with Crippen LogP contribution in [0, 0.1) is 17.2 Å². The fourth-order valence-corrected chi connectivity index (χ4v) is 2.77. The first-order chi connectivity index (χ1) is 9.06. The van der Waals surface area contributed by atoms with Crippen molar-refractivity contribution in [2.45, 2.75) is 27.2 Å². The highest BCUT2D eigenvalue weighted by Gasteiger charge is 2.22. The highest BCUT2D eigenvalue weighted by molar-refractivity contribution is 7.16. The van der Waals surface area contributed by atoms with E-state index in [1.807, 2.05) is 6.07 Å². The molecule has 2 rings (SSSR count). The molecule has 100 valence electrons. The third-order valence-corrected chi connectivity index (χ3v) is 3.33. The van der Waals surface area contributed by atoms with Gasteiger partial charge in [0.1, 0.15) is 11.1 Å². The van der Waals surface area contributed by atoms with E-state index in [1.165, 1.54) is 15.9 Å². The number of carbonyl (C=O) groups excluding carboxylic acids is 1. The van der Waals surface area contributed by atoms with E-state index >= 15 is 0 Å². The summed E-state index contributed by atoms with van der Waals surface area (Å²) < 4.78 is 6.30. The fourth-order valence-electron chi connectivity index (χ4n) is 1.66. The molecule has 0 aliphatic rings. The molecule has 19 heavy (non-hydrogen) atoms. The molecule has 0 amide bonds. The average Bonchev–Trinajstić information content (AvgIpc) is 2.84. The van der Waals surface area contributed by atoms with Gasteiger partial charge in [-0.3, -0.25) is 0 Å². The highest BCUT2D eigenvalue weighted by Crippen LogP contribution is 2.21. The number of nitriles is 1. The molecule has 2 aromatic heterocycles. The fraction of sp³-hybridized carbons (Fsp3) is 0.500. The molecule has 2 aromatic rings. The van der Waals surface area contributed by atoms with Gasteiger partial charge in [-0.1, -0.05) is 25.2 Å². The number of esters is 1. The first kappa shape index (κ1) is 13.5. The molecular formula is C12H14N4O2S. The summed E-state index contributed by atoms with van der Waals surface area (Å²) in [5.74, 6) is -0.104. The zero-order chi connectivity index (χ0) is 14.0. The van der Waals surface area contributed by atoms with Gasteiger partial charge in [0.15, 0.2) is 11.4 Å². The van der Waals surface area contributed by atoms with Crippen LogP contribution in [0.5, 0.6) is 0 Å². The Morgan fingerprint density at radius 2 is 2.32 bits per heavy atom. The molecule has 0 N–H and O–H groups in total. The summed E-state index contributed by atoms with van der Waals surface area (Å²) in [5.41, 5.74) is 0.180. The number of hydrogen-bond donors (Lipinski definition) is 0. The highest BCUT2D eigenvalue weighted by atomic mass is 32.1. The van der Waals surface area contributed by atoms with E-state index in [0.29, 0.717) is 10.9 Å². The van der Waals surface area contributed by atoms with Gasteiger partial charge < -0.3 is 4.74 Å². The molecule has 0 bridgehead atoms. The maximum absolute atomic E-state index is 11.7. The van der Waals surface area contributed by atoms with Crippen LogP contribution in [0.25, 0.3) is 4.96 Å². The Balaban J connectivity index is 2.44. The lowest BCUT2D eigenvalue weighted by Crippen LogP contribution is -2.08. The summed E-state index contributed by atoms with van der Waals surface area (Å²) in [6.45, 7) is 6.15. The number of rotatable bonds is 4. The van der Waals surface area contributed by atoms with E-state index in [1.54, 1.807) is 6.92 Å². The van der Waals surface area contributed by atoms with Crippen molar-refractivity contribution in [2.75, 3.05) is 6.61 Å². The van der Waals surface area contributed by atoms with Crippen LogP contribution < -0.4 is 0 Å². The molecule has 0 atom stereocenters. The average molecular weight is 278 g/mol. The summed E-state index contributed by atoms with van der Waals surface area (Å²) in [6, 6.07) is 1.97. The molecule has 0 spiro atoms. The van der Waals surface area contributed by atoms with E-state index < -0.39 is 5.97 Å². The second-order valence-corrected chi connectivity index (χ2v) is 5.47. The minimum Gasteiger partial charge on any atom is -0.461 e. The lowest BCUT2D eigenvalue weighted by atomic mass is 10.1. The van der Waals surface area contributed by atoms with Crippen LogP contribution in [-0.2, 0) is 11.2 Å². The van der Waals surface area contributed by atoms with Gasteiger partial charge in [0.05, 0.1) is 6.61 Å². The normalized spacial score (nSPS) is 10.9. The summed E-state index contributed by atoms with van der Waals surface area (Å²) in [7, 11) is 0. The second kappa shape index (κ2) is 5.36. The lowest BCUT2D eigenvalue weighted by molar-refractivity contribution is 0.0520. The van der Waals surface area contributed by atoms with Crippen LogP contribution in [-0.4, -0.2) is 27.2 Å².